The Morgan fingerprint density at radius 3 is 2.96 bits per heavy atom. The number of hydrogen-bond acceptors (Lipinski definition) is 5. The van der Waals surface area contributed by atoms with Crippen LogP contribution in [-0.2, 0) is 6.42 Å². The maximum atomic E-state index is 12.2. The molecule has 2 N–H and O–H groups in total. The molecular formula is C19H18N4O2S. The zero-order chi connectivity index (χ0) is 17.9. The van der Waals surface area contributed by atoms with Crippen molar-refractivity contribution in [2.75, 3.05) is 6.54 Å². The Morgan fingerprint density at radius 1 is 1.27 bits per heavy atom. The summed E-state index contributed by atoms with van der Waals surface area (Å²) in [5, 5.41) is 9.91. The first-order valence-corrected chi connectivity index (χ1v) is 9.25. The van der Waals surface area contributed by atoms with Crippen LogP contribution in [0.1, 0.15) is 27.7 Å². The minimum Gasteiger partial charge on any atom is -0.441 e. The lowest BCUT2D eigenvalue weighted by Crippen LogP contribution is -2.25. The zero-order valence-corrected chi connectivity index (χ0v) is 15.1. The summed E-state index contributed by atoms with van der Waals surface area (Å²) in [5.74, 6) is 0.508. The monoisotopic (exact) mass is 366 g/mol. The van der Waals surface area contributed by atoms with E-state index in [1.165, 1.54) is 4.88 Å². The normalized spacial score (nSPS) is 11.1. The third kappa shape index (κ3) is 3.52. The van der Waals surface area contributed by atoms with Crippen LogP contribution >= 0.6 is 11.3 Å². The number of thiophene rings is 1. The topological polar surface area (TPSA) is 83.8 Å². The van der Waals surface area contributed by atoms with Gasteiger partial charge in [0.2, 0.25) is 0 Å². The van der Waals surface area contributed by atoms with Crippen molar-refractivity contribution in [1.82, 2.24) is 20.5 Å². The van der Waals surface area contributed by atoms with E-state index in [0.717, 1.165) is 28.1 Å². The van der Waals surface area contributed by atoms with Gasteiger partial charge in [-0.25, -0.2) is 4.98 Å². The zero-order valence-electron chi connectivity index (χ0n) is 14.3. The lowest BCUT2D eigenvalue weighted by molar-refractivity contribution is 0.0948. The van der Waals surface area contributed by atoms with Crippen molar-refractivity contribution in [3.63, 3.8) is 0 Å². The molecule has 0 aliphatic rings. The van der Waals surface area contributed by atoms with E-state index in [9.17, 15) is 4.79 Å². The summed E-state index contributed by atoms with van der Waals surface area (Å²) in [6.07, 6.45) is 1.43. The molecular weight excluding hydrogens is 348 g/mol. The maximum Gasteiger partial charge on any atom is 0.271 e. The number of benzene rings is 1. The average molecular weight is 366 g/mol. The Bertz CT molecular complexity index is 1010. The summed E-state index contributed by atoms with van der Waals surface area (Å²) < 4.78 is 5.67. The number of rotatable bonds is 6. The van der Waals surface area contributed by atoms with E-state index in [-0.39, 0.29) is 5.91 Å². The van der Waals surface area contributed by atoms with Gasteiger partial charge in [-0.2, -0.15) is 5.10 Å². The number of nitrogens with one attached hydrogen (secondary N) is 2. The molecule has 7 heteroatoms. The fraction of sp³-hybridized carbons (Fsp3) is 0.211. The molecule has 0 fully saturated rings. The fourth-order valence-corrected chi connectivity index (χ4v) is 3.54. The molecule has 3 aromatic heterocycles. The lowest BCUT2D eigenvalue weighted by atomic mass is 10.3. The number of aryl methyl sites for hydroxylation is 2. The minimum absolute atomic E-state index is 0.182. The Hall–Kier alpha value is -2.93. The van der Waals surface area contributed by atoms with Crippen molar-refractivity contribution in [3.05, 3.63) is 58.9 Å². The van der Waals surface area contributed by atoms with Crippen molar-refractivity contribution in [3.8, 4) is 10.6 Å². The molecule has 3 heterocycles. The van der Waals surface area contributed by atoms with Crippen LogP contribution < -0.4 is 5.32 Å². The van der Waals surface area contributed by atoms with Crippen molar-refractivity contribution in [2.45, 2.75) is 19.8 Å². The first-order valence-electron chi connectivity index (χ1n) is 8.44. The molecule has 132 valence electrons. The quantitative estimate of drug-likeness (QED) is 0.506. The third-order valence-electron chi connectivity index (χ3n) is 4.01. The molecule has 6 nitrogen and oxygen atoms in total. The van der Waals surface area contributed by atoms with Crippen LogP contribution in [0.15, 0.2) is 46.9 Å². The minimum atomic E-state index is -0.182. The molecule has 26 heavy (non-hydrogen) atoms. The van der Waals surface area contributed by atoms with Gasteiger partial charge in [0.05, 0.1) is 10.6 Å². The highest BCUT2D eigenvalue weighted by Gasteiger charge is 2.12. The van der Waals surface area contributed by atoms with E-state index in [1.807, 2.05) is 36.4 Å². The second-order valence-corrected chi connectivity index (χ2v) is 7.30. The first-order chi connectivity index (χ1) is 12.7. The largest absolute Gasteiger partial charge is 0.441 e. The highest BCUT2D eigenvalue weighted by Crippen LogP contribution is 2.26. The van der Waals surface area contributed by atoms with Gasteiger partial charge < -0.3 is 9.73 Å². The SMILES string of the molecule is Cc1ccc(-c2cc(C(=O)NCCCc3nc4ccccc4o3)n[nH]2)s1. The summed E-state index contributed by atoms with van der Waals surface area (Å²) in [6.45, 7) is 2.59. The van der Waals surface area contributed by atoms with Crippen LogP contribution in [0.3, 0.4) is 0 Å². The number of aromatic nitrogens is 3. The van der Waals surface area contributed by atoms with Gasteiger partial charge in [0.25, 0.3) is 5.91 Å². The van der Waals surface area contributed by atoms with Crippen molar-refractivity contribution in [1.29, 1.82) is 0 Å². The van der Waals surface area contributed by atoms with Crippen LogP contribution in [0.25, 0.3) is 21.7 Å². The molecule has 1 aromatic carbocycles. The molecule has 0 saturated carbocycles. The average Bonchev–Trinajstić information content (AvgIpc) is 3.36. The van der Waals surface area contributed by atoms with Gasteiger partial charge in [-0.1, -0.05) is 12.1 Å². The molecule has 0 unspecified atom stereocenters. The number of para-hydroxylation sites is 2. The predicted octanol–water partition coefficient (Wildman–Crippen LogP) is 3.95. The lowest BCUT2D eigenvalue weighted by Gasteiger charge is -2.01. The van der Waals surface area contributed by atoms with Crippen molar-refractivity contribution >= 4 is 28.3 Å². The van der Waals surface area contributed by atoms with Gasteiger partial charge in [-0.15, -0.1) is 11.3 Å². The Balaban J connectivity index is 1.29. The van der Waals surface area contributed by atoms with E-state index < -0.39 is 0 Å². The highest BCUT2D eigenvalue weighted by molar-refractivity contribution is 7.15. The standard InChI is InChI=1S/C19H18N4O2S/c1-12-8-9-17(26-12)14-11-15(23-22-14)19(24)20-10-4-7-18-21-13-5-2-3-6-16(13)25-18/h2-3,5-6,8-9,11H,4,7,10H2,1H3,(H,20,24)(H,22,23). The smallest absolute Gasteiger partial charge is 0.271 e. The van der Waals surface area contributed by atoms with Crippen LogP contribution in [0.2, 0.25) is 0 Å². The van der Waals surface area contributed by atoms with Crippen LogP contribution in [0.4, 0.5) is 0 Å². The predicted molar refractivity (Wildman–Crippen MR) is 101 cm³/mol. The van der Waals surface area contributed by atoms with E-state index >= 15 is 0 Å². The molecule has 0 saturated heterocycles. The molecule has 0 radical (unpaired) electrons. The number of H-pyrrole nitrogens is 1. The van der Waals surface area contributed by atoms with Gasteiger partial charge in [-0.3, -0.25) is 9.89 Å². The summed E-state index contributed by atoms with van der Waals surface area (Å²) in [5.41, 5.74) is 2.91. The van der Waals surface area contributed by atoms with Crippen LogP contribution in [0, 0.1) is 6.92 Å². The summed E-state index contributed by atoms with van der Waals surface area (Å²) >= 11 is 1.67. The Kier molecular flexibility index (Phi) is 4.53. The number of hydrogen-bond donors (Lipinski definition) is 2. The molecule has 0 aliphatic heterocycles. The van der Waals surface area contributed by atoms with E-state index in [4.69, 9.17) is 4.42 Å². The molecule has 1 amide bonds. The Morgan fingerprint density at radius 2 is 2.15 bits per heavy atom. The molecule has 4 rings (SSSR count). The highest BCUT2D eigenvalue weighted by atomic mass is 32.1. The molecule has 4 aromatic rings. The maximum absolute atomic E-state index is 12.2. The van der Waals surface area contributed by atoms with Gasteiger partial charge in [0, 0.05) is 17.8 Å². The Labute approximate surface area is 154 Å². The van der Waals surface area contributed by atoms with E-state index in [2.05, 4.69) is 27.4 Å². The fourth-order valence-electron chi connectivity index (χ4n) is 2.70. The van der Waals surface area contributed by atoms with E-state index in [1.54, 1.807) is 17.4 Å². The van der Waals surface area contributed by atoms with Crippen LogP contribution in [-0.4, -0.2) is 27.6 Å². The summed E-state index contributed by atoms with van der Waals surface area (Å²) in [6, 6.07) is 13.5. The van der Waals surface area contributed by atoms with Gasteiger partial charge >= 0.3 is 0 Å². The van der Waals surface area contributed by atoms with E-state index in [0.29, 0.717) is 24.6 Å². The third-order valence-corrected chi connectivity index (χ3v) is 5.04. The molecule has 0 atom stereocenters. The number of aromatic amines is 1. The van der Waals surface area contributed by atoms with Gasteiger partial charge in [0.15, 0.2) is 17.2 Å². The summed E-state index contributed by atoms with van der Waals surface area (Å²) in [7, 11) is 0. The molecule has 0 spiro atoms. The van der Waals surface area contributed by atoms with Gasteiger partial charge in [0.1, 0.15) is 5.52 Å². The number of nitrogens with zero attached hydrogens (tertiary/aromatic N) is 2. The molecule has 0 aliphatic carbocycles. The number of amides is 1. The number of fused-ring (bicyclic) bond motifs is 1. The van der Waals surface area contributed by atoms with Crippen LogP contribution in [0.5, 0.6) is 0 Å². The van der Waals surface area contributed by atoms with Crippen molar-refractivity contribution in [2.24, 2.45) is 0 Å². The first kappa shape index (κ1) is 16.5. The molecule has 0 bridgehead atoms. The second-order valence-electron chi connectivity index (χ2n) is 6.01. The van der Waals surface area contributed by atoms with Gasteiger partial charge in [-0.05, 0) is 43.7 Å². The van der Waals surface area contributed by atoms with Crippen molar-refractivity contribution < 1.29 is 9.21 Å². The summed E-state index contributed by atoms with van der Waals surface area (Å²) in [4.78, 5) is 18.9. The second kappa shape index (κ2) is 7.13. The number of carbonyl (C=O) groups excluding carboxylic acids is 1. The number of oxazole rings is 1. The number of carbonyl (C=O) groups is 1.